The van der Waals surface area contributed by atoms with Gasteiger partial charge >= 0.3 is 0 Å². The van der Waals surface area contributed by atoms with Crippen LogP contribution in [0.2, 0.25) is 0 Å². The van der Waals surface area contributed by atoms with Gasteiger partial charge in [-0.2, -0.15) is 0 Å². The van der Waals surface area contributed by atoms with Crippen LogP contribution in [0.15, 0.2) is 34.8 Å². The Hall–Kier alpha value is 0.280. The van der Waals surface area contributed by atoms with Gasteiger partial charge in [-0.25, -0.2) is 0 Å². The van der Waals surface area contributed by atoms with Gasteiger partial charge in [-0.1, -0.05) is 34.1 Å². The van der Waals surface area contributed by atoms with Crippen molar-refractivity contribution < 1.29 is 0 Å². The van der Waals surface area contributed by atoms with Gasteiger partial charge in [-0.15, -0.1) is 24.8 Å². The minimum Gasteiger partial charge on any atom is -0.147 e. The van der Waals surface area contributed by atoms with Crippen LogP contribution in [0, 0.1) is 0 Å². The van der Waals surface area contributed by atoms with Gasteiger partial charge in [0.05, 0.1) is 0 Å². The van der Waals surface area contributed by atoms with Crippen molar-refractivity contribution >= 4 is 40.7 Å². The largest absolute Gasteiger partial charge is 0.147 e. The molecule has 0 amide bonds. The van der Waals surface area contributed by atoms with Crippen molar-refractivity contribution in [2.24, 2.45) is 0 Å². The molecule has 1 aromatic rings. The average Bonchev–Trinajstić information content (AvgIpc) is 1.69. The first kappa shape index (κ1) is 12.0. The summed E-state index contributed by atoms with van der Waals surface area (Å²) in [5.74, 6) is 0. The van der Waals surface area contributed by atoms with Crippen LogP contribution in [0.1, 0.15) is 0 Å². The summed E-state index contributed by atoms with van der Waals surface area (Å²) >= 11 is 3.31. The van der Waals surface area contributed by atoms with Crippen molar-refractivity contribution in [3.05, 3.63) is 34.8 Å². The van der Waals surface area contributed by atoms with Gasteiger partial charge in [-0.3, -0.25) is 0 Å². The minimum absolute atomic E-state index is 0. The van der Waals surface area contributed by atoms with Crippen molar-refractivity contribution in [2.75, 3.05) is 0 Å². The van der Waals surface area contributed by atoms with Gasteiger partial charge in [0.2, 0.25) is 0 Å². The van der Waals surface area contributed by atoms with Gasteiger partial charge in [-0.05, 0) is 12.1 Å². The lowest BCUT2D eigenvalue weighted by molar-refractivity contribution is 1.66. The summed E-state index contributed by atoms with van der Waals surface area (Å²) in [6.07, 6.45) is 0. The first-order valence-corrected chi connectivity index (χ1v) is 2.89. The van der Waals surface area contributed by atoms with E-state index in [1.807, 2.05) is 30.3 Å². The predicted octanol–water partition coefficient (Wildman–Crippen LogP) is 3.29. The Morgan fingerprint density at radius 2 is 1.33 bits per heavy atom. The topological polar surface area (TPSA) is 0 Å². The third-order valence-corrected chi connectivity index (χ3v) is 1.26. The number of halogens is 3. The molecule has 0 aliphatic heterocycles. The maximum atomic E-state index is 3.31. The van der Waals surface area contributed by atoms with Crippen molar-refractivity contribution in [1.82, 2.24) is 0 Å². The molecule has 0 unspecified atom stereocenters. The van der Waals surface area contributed by atoms with Crippen molar-refractivity contribution in [2.45, 2.75) is 0 Å². The van der Waals surface area contributed by atoms with Crippen LogP contribution in [0.4, 0.5) is 0 Å². The Morgan fingerprint density at radius 3 is 1.56 bits per heavy atom. The summed E-state index contributed by atoms with van der Waals surface area (Å²) in [6.45, 7) is 0. The third-order valence-electron chi connectivity index (χ3n) is 0.733. The average molecular weight is 230 g/mol. The Balaban J connectivity index is 0. The van der Waals surface area contributed by atoms with Crippen LogP contribution < -0.4 is 0 Å². The summed E-state index contributed by atoms with van der Waals surface area (Å²) in [5.41, 5.74) is 0. The first-order chi connectivity index (χ1) is 3.39. The molecule has 0 saturated heterocycles. The van der Waals surface area contributed by atoms with Crippen LogP contribution in [-0.4, -0.2) is 0 Å². The fraction of sp³-hybridized carbons (Fsp3) is 0. The van der Waals surface area contributed by atoms with Gasteiger partial charge in [0.1, 0.15) is 0 Å². The number of rotatable bonds is 0. The molecular weight excluding hydrogens is 223 g/mol. The van der Waals surface area contributed by atoms with E-state index in [4.69, 9.17) is 0 Å². The molecule has 0 fully saturated rings. The molecule has 9 heavy (non-hydrogen) atoms. The molecule has 0 nitrogen and oxygen atoms in total. The monoisotopic (exact) mass is 228 g/mol. The molecule has 3 heteroatoms. The first-order valence-electron chi connectivity index (χ1n) is 2.10. The van der Waals surface area contributed by atoms with Gasteiger partial charge in [0.25, 0.3) is 0 Å². The van der Waals surface area contributed by atoms with E-state index in [-0.39, 0.29) is 24.8 Å². The molecule has 0 aliphatic rings. The van der Waals surface area contributed by atoms with E-state index in [0.717, 1.165) is 4.47 Å². The second-order valence-corrected chi connectivity index (χ2v) is 2.21. The van der Waals surface area contributed by atoms with E-state index in [2.05, 4.69) is 15.9 Å². The molecule has 0 atom stereocenters. The van der Waals surface area contributed by atoms with Crippen LogP contribution in [0.3, 0.4) is 0 Å². The van der Waals surface area contributed by atoms with Crippen molar-refractivity contribution in [3.63, 3.8) is 0 Å². The maximum Gasteiger partial charge on any atom is 0.0175 e. The highest BCUT2D eigenvalue weighted by Gasteiger charge is 1.74. The quantitative estimate of drug-likeness (QED) is 0.641. The van der Waals surface area contributed by atoms with Crippen molar-refractivity contribution in [1.29, 1.82) is 0 Å². The van der Waals surface area contributed by atoms with Crippen LogP contribution in [-0.2, 0) is 0 Å². The normalized spacial score (nSPS) is 6.78. The van der Waals surface area contributed by atoms with E-state index >= 15 is 0 Å². The lowest BCUT2D eigenvalue weighted by Gasteiger charge is -1.80. The van der Waals surface area contributed by atoms with E-state index in [9.17, 15) is 0 Å². The number of benzene rings is 1. The van der Waals surface area contributed by atoms with E-state index < -0.39 is 0 Å². The molecule has 52 valence electrons. The summed E-state index contributed by atoms with van der Waals surface area (Å²) < 4.78 is 1.13. The number of hydrogen-bond donors (Lipinski definition) is 0. The summed E-state index contributed by atoms with van der Waals surface area (Å²) in [4.78, 5) is 0. The minimum atomic E-state index is 0. The summed E-state index contributed by atoms with van der Waals surface area (Å²) in [7, 11) is 0. The zero-order valence-electron chi connectivity index (χ0n) is 4.58. The second kappa shape index (κ2) is 6.40. The highest BCUT2D eigenvalue weighted by molar-refractivity contribution is 9.10. The Labute approximate surface area is 75.6 Å². The smallest absolute Gasteiger partial charge is 0.0175 e. The SMILES string of the molecule is Brc1ccccc1.Cl.Cl. The number of hydrogen-bond acceptors (Lipinski definition) is 0. The summed E-state index contributed by atoms with van der Waals surface area (Å²) in [5, 5.41) is 0. The molecule has 0 spiro atoms. The highest BCUT2D eigenvalue weighted by atomic mass is 79.9. The molecule has 0 N–H and O–H groups in total. The summed E-state index contributed by atoms with van der Waals surface area (Å²) in [6, 6.07) is 9.97. The maximum absolute atomic E-state index is 3.31. The standard InChI is InChI=1S/C6H5Br.2ClH/c7-6-4-2-1-3-5-6;;/h1-5H;2*1H. The fourth-order valence-corrected chi connectivity index (χ4v) is 0.720. The molecule has 0 aromatic heterocycles. The van der Waals surface area contributed by atoms with Crippen molar-refractivity contribution in [3.8, 4) is 0 Å². The van der Waals surface area contributed by atoms with Crippen LogP contribution in [0.25, 0.3) is 0 Å². The lowest BCUT2D eigenvalue weighted by Crippen LogP contribution is -1.55. The lowest BCUT2D eigenvalue weighted by atomic mass is 10.4. The third kappa shape index (κ3) is 4.76. The predicted molar refractivity (Wildman–Crippen MR) is 48.6 cm³/mol. The highest BCUT2D eigenvalue weighted by Crippen LogP contribution is 2.05. The Bertz CT molecular complexity index is 141. The Morgan fingerprint density at radius 1 is 0.889 bits per heavy atom. The van der Waals surface area contributed by atoms with Crippen LogP contribution in [0.5, 0.6) is 0 Å². The van der Waals surface area contributed by atoms with E-state index in [0.29, 0.717) is 0 Å². The zero-order valence-corrected chi connectivity index (χ0v) is 7.80. The van der Waals surface area contributed by atoms with Gasteiger partial charge in [0, 0.05) is 4.47 Å². The molecule has 1 aromatic carbocycles. The molecule has 0 heterocycles. The molecule has 0 radical (unpaired) electrons. The van der Waals surface area contributed by atoms with Crippen LogP contribution >= 0.6 is 40.7 Å². The molecular formula is C6H7BrCl2. The van der Waals surface area contributed by atoms with E-state index in [1.165, 1.54) is 0 Å². The zero-order chi connectivity index (χ0) is 5.11. The molecule has 0 bridgehead atoms. The van der Waals surface area contributed by atoms with Gasteiger partial charge < -0.3 is 0 Å². The fourth-order valence-electron chi connectivity index (χ4n) is 0.415. The van der Waals surface area contributed by atoms with Gasteiger partial charge in [0.15, 0.2) is 0 Å². The molecule has 0 aliphatic carbocycles. The molecule has 0 saturated carbocycles. The second-order valence-electron chi connectivity index (χ2n) is 1.30. The Kier molecular flexibility index (Phi) is 8.54. The molecule has 1 rings (SSSR count). The van der Waals surface area contributed by atoms with E-state index in [1.54, 1.807) is 0 Å².